The Hall–Kier alpha value is -2.50. The van der Waals surface area contributed by atoms with Crippen LogP contribution in [0.3, 0.4) is 0 Å². The minimum atomic E-state index is -5.08. The van der Waals surface area contributed by atoms with Gasteiger partial charge in [0.2, 0.25) is 11.8 Å². The van der Waals surface area contributed by atoms with Crippen molar-refractivity contribution in [2.75, 3.05) is 5.88 Å². The lowest BCUT2D eigenvalue weighted by Crippen LogP contribution is -2.53. The summed E-state index contributed by atoms with van der Waals surface area (Å²) in [7, 11) is 0. The van der Waals surface area contributed by atoms with Gasteiger partial charge in [0, 0.05) is 0 Å². The highest BCUT2D eigenvalue weighted by molar-refractivity contribution is 6.28. The number of imide groups is 1. The van der Waals surface area contributed by atoms with Crippen LogP contribution in [0.25, 0.3) is 0 Å². The Kier molecular flexibility index (Phi) is 11.9. The van der Waals surface area contributed by atoms with E-state index in [1.807, 2.05) is 30.3 Å². The van der Waals surface area contributed by atoms with Crippen LogP contribution in [0.2, 0.25) is 0 Å². The van der Waals surface area contributed by atoms with Gasteiger partial charge in [-0.2, -0.15) is 13.2 Å². The largest absolute Gasteiger partial charge is 0.490 e. The maximum absolute atomic E-state index is 12.0. The number of carboxylic acid groups (broad SMARTS) is 1. The molecule has 30 heavy (non-hydrogen) atoms. The van der Waals surface area contributed by atoms with E-state index in [1.54, 1.807) is 6.92 Å². The Labute approximate surface area is 175 Å². The number of Topliss-reactive ketones (excluding diaryl/α,β-unsaturated/α-hetero) is 1. The van der Waals surface area contributed by atoms with Crippen LogP contribution in [-0.2, 0) is 25.6 Å². The number of carbonyl (C=O) groups is 4. The second kappa shape index (κ2) is 12.9. The summed E-state index contributed by atoms with van der Waals surface area (Å²) in [6, 6.07) is 7.27. The number of alkyl halides is 4. The molecule has 5 N–H and O–H groups in total. The molecule has 1 rings (SSSR count). The van der Waals surface area contributed by atoms with E-state index in [0.29, 0.717) is 6.42 Å². The van der Waals surface area contributed by atoms with Crippen LogP contribution in [-0.4, -0.2) is 58.9 Å². The first-order valence-corrected chi connectivity index (χ1v) is 9.12. The lowest BCUT2D eigenvalue weighted by molar-refractivity contribution is -0.192. The van der Waals surface area contributed by atoms with Gasteiger partial charge in [0.1, 0.15) is 0 Å². The number of halogens is 4. The van der Waals surface area contributed by atoms with Crippen molar-refractivity contribution in [2.24, 2.45) is 5.73 Å². The van der Waals surface area contributed by atoms with Crippen molar-refractivity contribution in [3.8, 4) is 0 Å². The van der Waals surface area contributed by atoms with Gasteiger partial charge in [-0.25, -0.2) is 4.79 Å². The van der Waals surface area contributed by atoms with Gasteiger partial charge in [-0.1, -0.05) is 30.3 Å². The Balaban J connectivity index is 0.00000103. The summed E-state index contributed by atoms with van der Waals surface area (Å²) < 4.78 is 31.7. The monoisotopic (exact) mass is 453 g/mol. The predicted molar refractivity (Wildman–Crippen MR) is 103 cm³/mol. The van der Waals surface area contributed by atoms with Crippen LogP contribution in [0, 0.1) is 0 Å². The van der Waals surface area contributed by atoms with Crippen molar-refractivity contribution in [3.05, 3.63) is 35.9 Å². The smallest absolute Gasteiger partial charge is 0.475 e. The van der Waals surface area contributed by atoms with Gasteiger partial charge in [-0.3, -0.25) is 25.0 Å². The van der Waals surface area contributed by atoms with Gasteiger partial charge in [0.15, 0.2) is 5.78 Å². The number of carboxylic acids is 1. The highest BCUT2D eigenvalue weighted by Crippen LogP contribution is 2.13. The fourth-order valence-corrected chi connectivity index (χ4v) is 2.12. The molecule has 0 spiro atoms. The van der Waals surface area contributed by atoms with Crippen LogP contribution in [0.15, 0.2) is 30.3 Å². The standard InChI is InChI=1S/C16H22ClN3O3.C2HF3O2/c1-10(18)15(22)20-16(23)11(2)19-13(14(21)9-17)8-12-6-4-3-5-7-12;3-2(4,5)1(6)7/h3-7,10-11,13,19H,8-9,18H2,1-2H3,(H,20,22,23);(H,6,7)/t10-,11-,13-;/m0./s1. The molecule has 0 unspecified atom stereocenters. The number of nitrogens with one attached hydrogen (secondary N) is 2. The average Bonchev–Trinajstić information content (AvgIpc) is 2.67. The van der Waals surface area contributed by atoms with Gasteiger partial charge >= 0.3 is 12.1 Å². The maximum Gasteiger partial charge on any atom is 0.490 e. The SMILES string of the molecule is C[C@H](N)C(=O)NC(=O)[C@H](C)N[C@@H](Cc1ccccc1)C(=O)CCl.O=C(O)C(F)(F)F. The molecule has 0 aromatic heterocycles. The van der Waals surface area contributed by atoms with E-state index in [1.165, 1.54) is 6.92 Å². The first kappa shape index (κ1) is 27.5. The third-order valence-corrected chi connectivity index (χ3v) is 3.81. The van der Waals surface area contributed by atoms with E-state index in [2.05, 4.69) is 10.6 Å². The van der Waals surface area contributed by atoms with Gasteiger partial charge < -0.3 is 10.8 Å². The number of amides is 2. The molecular formula is C18H23ClF3N3O5. The van der Waals surface area contributed by atoms with Gasteiger partial charge in [-0.15, -0.1) is 11.6 Å². The molecule has 0 radical (unpaired) electrons. The highest BCUT2D eigenvalue weighted by Gasteiger charge is 2.38. The van der Waals surface area contributed by atoms with Crippen molar-refractivity contribution < 1.29 is 37.5 Å². The molecular weight excluding hydrogens is 431 g/mol. The molecule has 1 aromatic rings. The summed E-state index contributed by atoms with van der Waals surface area (Å²) in [4.78, 5) is 44.3. The summed E-state index contributed by atoms with van der Waals surface area (Å²) in [5.74, 6) is -4.22. The van der Waals surface area contributed by atoms with E-state index in [0.717, 1.165) is 5.56 Å². The molecule has 0 aliphatic rings. The minimum Gasteiger partial charge on any atom is -0.475 e. The molecule has 0 heterocycles. The molecule has 0 bridgehead atoms. The zero-order chi connectivity index (χ0) is 23.5. The maximum atomic E-state index is 12.0. The normalized spacial score (nSPS) is 13.8. The highest BCUT2D eigenvalue weighted by atomic mass is 35.5. The zero-order valence-electron chi connectivity index (χ0n) is 16.2. The summed E-state index contributed by atoms with van der Waals surface area (Å²) in [5.41, 5.74) is 6.35. The number of hydrogen-bond acceptors (Lipinski definition) is 6. The number of aliphatic carboxylic acids is 1. The Bertz CT molecular complexity index is 730. The van der Waals surface area contributed by atoms with Crippen molar-refractivity contribution in [1.29, 1.82) is 0 Å². The summed E-state index contributed by atoms with van der Waals surface area (Å²) in [6.45, 7) is 3.05. The van der Waals surface area contributed by atoms with Crippen molar-refractivity contribution in [2.45, 2.75) is 44.6 Å². The van der Waals surface area contributed by atoms with E-state index in [9.17, 15) is 27.6 Å². The minimum absolute atomic E-state index is 0.155. The Morgan fingerprint density at radius 2 is 1.60 bits per heavy atom. The van der Waals surface area contributed by atoms with Crippen LogP contribution in [0.1, 0.15) is 19.4 Å². The second-order valence-corrected chi connectivity index (χ2v) is 6.44. The van der Waals surface area contributed by atoms with Gasteiger partial charge in [-0.05, 0) is 25.8 Å². The topological polar surface area (TPSA) is 139 Å². The first-order valence-electron chi connectivity index (χ1n) is 8.58. The lowest BCUT2D eigenvalue weighted by atomic mass is 10.0. The summed E-state index contributed by atoms with van der Waals surface area (Å²) in [5, 5.41) is 12.2. The number of hydrogen-bond donors (Lipinski definition) is 4. The van der Waals surface area contributed by atoms with Crippen LogP contribution in [0.4, 0.5) is 13.2 Å². The van der Waals surface area contributed by atoms with E-state index in [-0.39, 0.29) is 11.7 Å². The number of carbonyl (C=O) groups excluding carboxylic acids is 3. The van der Waals surface area contributed by atoms with Crippen molar-refractivity contribution >= 4 is 35.2 Å². The summed E-state index contributed by atoms with van der Waals surface area (Å²) in [6.07, 6.45) is -4.68. The van der Waals surface area contributed by atoms with Crippen LogP contribution < -0.4 is 16.4 Å². The molecule has 0 saturated carbocycles. The predicted octanol–water partition coefficient (Wildman–Crippen LogP) is 1.01. The van der Waals surface area contributed by atoms with Gasteiger partial charge in [0.25, 0.3) is 0 Å². The number of ketones is 1. The molecule has 8 nitrogen and oxygen atoms in total. The molecule has 3 atom stereocenters. The third-order valence-electron chi connectivity index (χ3n) is 3.55. The molecule has 12 heteroatoms. The Morgan fingerprint density at radius 3 is 2.00 bits per heavy atom. The van der Waals surface area contributed by atoms with E-state index >= 15 is 0 Å². The van der Waals surface area contributed by atoms with Crippen molar-refractivity contribution in [3.63, 3.8) is 0 Å². The average molecular weight is 454 g/mol. The number of nitrogens with two attached hydrogens (primary N) is 1. The molecule has 168 valence electrons. The number of benzene rings is 1. The third kappa shape index (κ3) is 10.9. The molecule has 0 saturated heterocycles. The number of rotatable bonds is 8. The molecule has 0 fully saturated rings. The zero-order valence-corrected chi connectivity index (χ0v) is 17.0. The van der Waals surface area contributed by atoms with Crippen molar-refractivity contribution in [1.82, 2.24) is 10.6 Å². The summed E-state index contributed by atoms with van der Waals surface area (Å²) >= 11 is 5.64. The molecule has 0 aliphatic heterocycles. The molecule has 2 amide bonds. The quantitative estimate of drug-likeness (QED) is 0.431. The van der Waals surface area contributed by atoms with Crippen LogP contribution in [0.5, 0.6) is 0 Å². The van der Waals surface area contributed by atoms with Crippen LogP contribution >= 0.6 is 11.6 Å². The first-order chi connectivity index (χ1) is 13.8. The van der Waals surface area contributed by atoms with E-state index in [4.69, 9.17) is 27.2 Å². The molecule has 0 aliphatic carbocycles. The fourth-order valence-electron chi connectivity index (χ4n) is 1.93. The lowest BCUT2D eigenvalue weighted by Gasteiger charge is -2.21. The van der Waals surface area contributed by atoms with E-state index < -0.39 is 42.1 Å². The molecule has 1 aromatic carbocycles. The second-order valence-electron chi connectivity index (χ2n) is 6.18. The fraction of sp³-hybridized carbons (Fsp3) is 0.444. The Morgan fingerprint density at radius 1 is 1.10 bits per heavy atom. The van der Waals surface area contributed by atoms with Gasteiger partial charge in [0.05, 0.1) is 24.0 Å².